The smallest absolute Gasteiger partial charge is 0.182 e. The lowest BCUT2D eigenvalue weighted by atomic mass is 9.99. The highest BCUT2D eigenvalue weighted by Crippen LogP contribution is 2.32. The molecule has 0 saturated heterocycles. The van der Waals surface area contributed by atoms with Gasteiger partial charge in [-0.2, -0.15) is 0 Å². The van der Waals surface area contributed by atoms with Gasteiger partial charge in [0.05, 0.1) is 16.7 Å². The monoisotopic (exact) mass is 613 g/mol. The van der Waals surface area contributed by atoms with Crippen molar-refractivity contribution in [3.05, 3.63) is 164 Å². The van der Waals surface area contributed by atoms with Crippen molar-refractivity contribution in [3.8, 4) is 56.7 Å². The van der Waals surface area contributed by atoms with Crippen LogP contribution < -0.4 is 0 Å². The molecule has 6 aromatic carbocycles. The number of fused-ring (bicyclic) bond motifs is 3. The molecule has 9 aromatic rings. The molecule has 3 aromatic heterocycles. The fourth-order valence-electron chi connectivity index (χ4n) is 6.26. The zero-order valence-corrected chi connectivity index (χ0v) is 25.8. The predicted octanol–water partition coefficient (Wildman–Crippen LogP) is 10.5. The Morgan fingerprint density at radius 2 is 0.812 bits per heavy atom. The number of hydrogen-bond acceptors (Lipinski definition) is 5. The van der Waals surface area contributed by atoms with Crippen molar-refractivity contribution in [1.82, 2.24) is 24.9 Å². The van der Waals surface area contributed by atoms with E-state index in [9.17, 15) is 0 Å². The van der Waals surface area contributed by atoms with E-state index < -0.39 is 0 Å². The highest BCUT2D eigenvalue weighted by Gasteiger charge is 2.14. The normalized spacial score (nSPS) is 11.3. The summed E-state index contributed by atoms with van der Waals surface area (Å²) < 4.78 is 0. The van der Waals surface area contributed by atoms with Crippen molar-refractivity contribution in [1.29, 1.82) is 0 Å². The Hall–Kier alpha value is -6.59. The quantitative estimate of drug-likeness (QED) is 0.193. The first-order valence-corrected chi connectivity index (χ1v) is 15.9. The Bertz CT molecular complexity index is 2550. The lowest BCUT2D eigenvalue weighted by Crippen LogP contribution is -2.01. The SMILES string of the molecule is c1ccc(-c2nc(-c3ccccc3)nc(-c3ccc4cc(-c5ccc6nc(-c7cccc8ccccc78)ccc6c5)ccc4n3)n2)cc1. The maximum Gasteiger partial charge on any atom is 0.182 e. The first kappa shape index (κ1) is 27.7. The van der Waals surface area contributed by atoms with E-state index >= 15 is 0 Å². The summed E-state index contributed by atoms with van der Waals surface area (Å²) in [6.45, 7) is 0. The van der Waals surface area contributed by atoms with Gasteiger partial charge in [-0.1, -0.05) is 127 Å². The third-order valence-electron chi connectivity index (χ3n) is 8.71. The third-order valence-corrected chi connectivity index (χ3v) is 8.71. The number of benzene rings is 6. The van der Waals surface area contributed by atoms with Crippen LogP contribution in [0.3, 0.4) is 0 Å². The van der Waals surface area contributed by atoms with Gasteiger partial charge >= 0.3 is 0 Å². The lowest BCUT2D eigenvalue weighted by Gasteiger charge is -2.10. The molecule has 9 rings (SSSR count). The summed E-state index contributed by atoms with van der Waals surface area (Å²) in [5, 5.41) is 4.57. The molecule has 0 N–H and O–H groups in total. The highest BCUT2D eigenvalue weighted by atomic mass is 15.0. The van der Waals surface area contributed by atoms with E-state index in [0.717, 1.165) is 55.3 Å². The summed E-state index contributed by atoms with van der Waals surface area (Å²) in [6, 6.07) is 56.0. The predicted molar refractivity (Wildman–Crippen MR) is 195 cm³/mol. The second kappa shape index (κ2) is 11.6. The van der Waals surface area contributed by atoms with E-state index in [1.807, 2.05) is 66.7 Å². The van der Waals surface area contributed by atoms with Gasteiger partial charge in [0.25, 0.3) is 0 Å². The topological polar surface area (TPSA) is 64.5 Å². The van der Waals surface area contributed by atoms with Crippen LogP contribution in [0.5, 0.6) is 0 Å². The van der Waals surface area contributed by atoms with Crippen molar-refractivity contribution in [2.75, 3.05) is 0 Å². The summed E-state index contributed by atoms with van der Waals surface area (Å²) in [7, 11) is 0. The van der Waals surface area contributed by atoms with Gasteiger partial charge in [-0.3, -0.25) is 0 Å². The number of hydrogen-bond donors (Lipinski definition) is 0. The number of aromatic nitrogens is 5. The summed E-state index contributed by atoms with van der Waals surface area (Å²) in [5.74, 6) is 1.78. The van der Waals surface area contributed by atoms with Crippen LogP contribution in [-0.4, -0.2) is 24.9 Å². The van der Waals surface area contributed by atoms with Crippen LogP contribution in [0.4, 0.5) is 0 Å². The molecule has 224 valence electrons. The fourth-order valence-corrected chi connectivity index (χ4v) is 6.26. The van der Waals surface area contributed by atoms with Crippen molar-refractivity contribution in [2.45, 2.75) is 0 Å². The molecule has 0 unspecified atom stereocenters. The molecule has 0 aliphatic heterocycles. The van der Waals surface area contributed by atoms with Crippen molar-refractivity contribution < 1.29 is 0 Å². The molecule has 0 aliphatic rings. The van der Waals surface area contributed by atoms with E-state index in [1.165, 1.54) is 10.8 Å². The maximum atomic E-state index is 5.04. The Kier molecular flexibility index (Phi) is 6.72. The number of nitrogens with zero attached hydrogens (tertiary/aromatic N) is 5. The van der Waals surface area contributed by atoms with Gasteiger partial charge in [0, 0.05) is 27.5 Å². The molecular formula is C43H27N5. The minimum Gasteiger partial charge on any atom is -0.248 e. The molecule has 0 bridgehead atoms. The third kappa shape index (κ3) is 5.13. The van der Waals surface area contributed by atoms with E-state index in [2.05, 4.69) is 97.1 Å². The van der Waals surface area contributed by atoms with Gasteiger partial charge in [0.15, 0.2) is 17.5 Å². The summed E-state index contributed by atoms with van der Waals surface area (Å²) in [4.78, 5) is 24.5. The second-order valence-electron chi connectivity index (χ2n) is 11.8. The molecule has 5 heteroatoms. The zero-order chi connectivity index (χ0) is 31.9. The Labute approximate surface area is 277 Å². The van der Waals surface area contributed by atoms with Gasteiger partial charge in [-0.25, -0.2) is 24.9 Å². The molecule has 0 atom stereocenters. The van der Waals surface area contributed by atoms with E-state index in [1.54, 1.807) is 0 Å². The maximum absolute atomic E-state index is 5.04. The molecule has 48 heavy (non-hydrogen) atoms. The van der Waals surface area contributed by atoms with E-state index in [0.29, 0.717) is 23.2 Å². The average Bonchev–Trinajstić information content (AvgIpc) is 3.17. The molecule has 0 spiro atoms. The molecule has 0 aliphatic carbocycles. The lowest BCUT2D eigenvalue weighted by molar-refractivity contribution is 1.06. The molecule has 0 saturated carbocycles. The van der Waals surface area contributed by atoms with Gasteiger partial charge in [-0.15, -0.1) is 0 Å². The average molecular weight is 614 g/mol. The van der Waals surface area contributed by atoms with Crippen LogP contribution >= 0.6 is 0 Å². The molecule has 3 heterocycles. The number of rotatable bonds is 5. The second-order valence-corrected chi connectivity index (χ2v) is 11.8. The largest absolute Gasteiger partial charge is 0.248 e. The first-order chi connectivity index (χ1) is 23.7. The van der Waals surface area contributed by atoms with Gasteiger partial charge < -0.3 is 0 Å². The minimum atomic E-state index is 0.540. The van der Waals surface area contributed by atoms with Crippen LogP contribution in [-0.2, 0) is 0 Å². The van der Waals surface area contributed by atoms with Crippen LogP contribution in [0.25, 0.3) is 89.3 Å². The Morgan fingerprint density at radius 1 is 0.292 bits per heavy atom. The Morgan fingerprint density at radius 3 is 1.46 bits per heavy atom. The fraction of sp³-hybridized carbons (Fsp3) is 0. The van der Waals surface area contributed by atoms with E-state index in [4.69, 9.17) is 24.9 Å². The zero-order valence-electron chi connectivity index (χ0n) is 25.8. The first-order valence-electron chi connectivity index (χ1n) is 15.9. The van der Waals surface area contributed by atoms with Gasteiger partial charge in [0.1, 0.15) is 5.69 Å². The molecule has 0 fully saturated rings. The van der Waals surface area contributed by atoms with E-state index in [-0.39, 0.29) is 0 Å². The van der Waals surface area contributed by atoms with Crippen LogP contribution in [0.2, 0.25) is 0 Å². The van der Waals surface area contributed by atoms with Crippen LogP contribution in [0, 0.1) is 0 Å². The molecular weight excluding hydrogens is 587 g/mol. The molecule has 0 radical (unpaired) electrons. The summed E-state index contributed by atoms with van der Waals surface area (Å²) in [6.07, 6.45) is 0. The van der Waals surface area contributed by atoms with Crippen LogP contribution in [0.1, 0.15) is 0 Å². The molecule has 0 amide bonds. The summed E-state index contributed by atoms with van der Waals surface area (Å²) in [5.41, 5.74) is 8.78. The summed E-state index contributed by atoms with van der Waals surface area (Å²) >= 11 is 0. The van der Waals surface area contributed by atoms with Gasteiger partial charge in [0.2, 0.25) is 0 Å². The number of pyridine rings is 2. The van der Waals surface area contributed by atoms with Crippen molar-refractivity contribution in [3.63, 3.8) is 0 Å². The minimum absolute atomic E-state index is 0.540. The van der Waals surface area contributed by atoms with Crippen molar-refractivity contribution >= 4 is 32.6 Å². The highest BCUT2D eigenvalue weighted by molar-refractivity contribution is 5.97. The Balaban J connectivity index is 1.06. The van der Waals surface area contributed by atoms with Crippen LogP contribution in [0.15, 0.2) is 164 Å². The standard InChI is InChI=1S/C43H27N5/c1-3-11-29(12-4-1)41-46-42(30-13-5-2-6-14-30)48-43(47-41)40-25-21-34-27-32(19-23-38(34)45-40)31-18-22-37-33(26-31)20-24-39(44-37)36-17-9-15-28-10-7-8-16-35(28)36/h1-27H. The molecule has 5 nitrogen and oxygen atoms in total. The van der Waals surface area contributed by atoms with Gasteiger partial charge in [-0.05, 0) is 58.3 Å². The van der Waals surface area contributed by atoms with Crippen molar-refractivity contribution in [2.24, 2.45) is 0 Å².